The van der Waals surface area contributed by atoms with Gasteiger partial charge in [-0.15, -0.1) is 0 Å². The molecule has 1 rings (SSSR count). The first-order valence-electron chi connectivity index (χ1n) is 3.95. The minimum atomic E-state index is -0.889. The molecule has 0 unspecified atom stereocenters. The predicted octanol–water partition coefficient (Wildman–Crippen LogP) is 1.01. The topological polar surface area (TPSA) is 66.4 Å². The number of carboxylic acids is 1. The minimum Gasteiger partial charge on any atom is -0.481 e. The molecule has 0 saturated carbocycles. The summed E-state index contributed by atoms with van der Waals surface area (Å²) in [5.41, 5.74) is 1.26. The van der Waals surface area contributed by atoms with Crippen LogP contribution in [0.25, 0.3) is 0 Å². The SMILES string of the molecule is O=C(O)Cc1cccc(N[C](=O)[Al])c1. The lowest BCUT2D eigenvalue weighted by atomic mass is 10.1. The van der Waals surface area contributed by atoms with Gasteiger partial charge in [-0.25, -0.2) is 0 Å². The van der Waals surface area contributed by atoms with Gasteiger partial charge in [0.2, 0.25) is 0 Å². The van der Waals surface area contributed by atoms with Crippen molar-refractivity contribution in [1.29, 1.82) is 0 Å². The fourth-order valence-corrected chi connectivity index (χ4v) is 1.24. The van der Waals surface area contributed by atoms with E-state index < -0.39 is 5.97 Å². The molecule has 1 aromatic carbocycles. The van der Waals surface area contributed by atoms with Gasteiger partial charge in [0.25, 0.3) is 16.3 Å². The third-order valence-corrected chi connectivity index (χ3v) is 1.69. The lowest BCUT2D eigenvalue weighted by Crippen LogP contribution is -2.08. The van der Waals surface area contributed by atoms with Crippen LogP contribution >= 0.6 is 0 Å². The molecule has 1 amide bonds. The highest BCUT2D eigenvalue weighted by molar-refractivity contribution is 6.60. The molecule has 0 atom stereocenters. The van der Waals surface area contributed by atoms with Crippen LogP contribution in [-0.2, 0) is 11.2 Å². The van der Waals surface area contributed by atoms with Gasteiger partial charge in [0.1, 0.15) is 4.77 Å². The van der Waals surface area contributed by atoms with Crippen molar-refractivity contribution >= 4 is 32.7 Å². The number of hydrogen-bond acceptors (Lipinski definition) is 2. The third-order valence-electron chi connectivity index (χ3n) is 1.55. The van der Waals surface area contributed by atoms with Crippen molar-refractivity contribution in [3.63, 3.8) is 0 Å². The quantitative estimate of drug-likeness (QED) is 0.724. The highest BCUT2D eigenvalue weighted by Gasteiger charge is 2.01. The zero-order valence-electron chi connectivity index (χ0n) is 7.36. The number of nitrogens with one attached hydrogen (secondary N) is 1. The average molecular weight is 205 g/mol. The van der Waals surface area contributed by atoms with Gasteiger partial charge in [-0.2, -0.15) is 0 Å². The third kappa shape index (κ3) is 3.61. The van der Waals surface area contributed by atoms with Crippen molar-refractivity contribution in [3.05, 3.63) is 29.8 Å². The minimum absolute atomic E-state index is 0.0411. The number of amides is 1. The zero-order chi connectivity index (χ0) is 10.6. The number of benzene rings is 1. The highest BCUT2D eigenvalue weighted by atomic mass is 27.0. The molecule has 2 radical (unpaired) electrons. The van der Waals surface area contributed by atoms with Crippen LogP contribution in [0.2, 0.25) is 0 Å². The molecule has 0 aliphatic rings. The summed E-state index contributed by atoms with van der Waals surface area (Å²) in [7, 11) is 0. The van der Waals surface area contributed by atoms with E-state index in [1.807, 2.05) is 16.3 Å². The molecule has 0 spiro atoms. The summed E-state index contributed by atoms with van der Waals surface area (Å²) in [5.74, 6) is -0.889. The van der Waals surface area contributed by atoms with E-state index in [0.29, 0.717) is 11.3 Å². The van der Waals surface area contributed by atoms with E-state index in [4.69, 9.17) is 5.11 Å². The molecule has 5 heteroatoms. The van der Waals surface area contributed by atoms with E-state index in [9.17, 15) is 9.59 Å². The Morgan fingerprint density at radius 2 is 2.14 bits per heavy atom. The number of aliphatic carboxylic acids is 1. The number of carbonyl (C=O) groups is 2. The number of hydrogen-bond donors (Lipinski definition) is 2. The fourth-order valence-electron chi connectivity index (χ4n) is 1.08. The van der Waals surface area contributed by atoms with Gasteiger partial charge >= 0.3 is 5.97 Å². The Bertz CT molecular complexity index is 334. The van der Waals surface area contributed by atoms with Crippen LogP contribution in [0, 0.1) is 0 Å². The molecule has 1 aromatic rings. The molecule has 0 bridgehead atoms. The Balaban J connectivity index is 2.78. The Morgan fingerprint density at radius 1 is 1.43 bits per heavy atom. The Kier molecular flexibility index (Phi) is 3.69. The zero-order valence-corrected chi connectivity index (χ0v) is 8.51. The first-order chi connectivity index (χ1) is 6.58. The molecule has 0 aliphatic heterocycles. The maximum Gasteiger partial charge on any atom is 0.307 e. The molecule has 4 nitrogen and oxygen atoms in total. The lowest BCUT2D eigenvalue weighted by molar-refractivity contribution is -0.136. The molecular formula is C9H8AlNO3. The molecule has 2 N–H and O–H groups in total. The van der Waals surface area contributed by atoms with E-state index in [-0.39, 0.29) is 11.2 Å². The van der Waals surface area contributed by atoms with Crippen LogP contribution in [-0.4, -0.2) is 32.1 Å². The summed E-state index contributed by atoms with van der Waals surface area (Å²) in [5, 5.41) is 11.1. The van der Waals surface area contributed by atoms with Crippen molar-refractivity contribution in [1.82, 2.24) is 0 Å². The van der Waals surface area contributed by atoms with Crippen LogP contribution in [0.4, 0.5) is 10.5 Å². The molecule has 0 fully saturated rings. The van der Waals surface area contributed by atoms with Crippen molar-refractivity contribution in [2.24, 2.45) is 0 Å². The fraction of sp³-hybridized carbons (Fsp3) is 0.111. The van der Waals surface area contributed by atoms with Crippen molar-refractivity contribution in [2.75, 3.05) is 5.32 Å². The Hall–Kier alpha value is -1.31. The molecule has 70 valence electrons. The van der Waals surface area contributed by atoms with Crippen LogP contribution in [0.15, 0.2) is 24.3 Å². The maximum absolute atomic E-state index is 10.7. The van der Waals surface area contributed by atoms with Crippen LogP contribution in [0.1, 0.15) is 5.56 Å². The van der Waals surface area contributed by atoms with Gasteiger partial charge in [0, 0.05) is 5.69 Å². The monoisotopic (exact) mass is 205 g/mol. The van der Waals surface area contributed by atoms with Crippen LogP contribution in [0.5, 0.6) is 0 Å². The first-order valence-corrected chi connectivity index (χ1v) is 4.53. The second-order valence-electron chi connectivity index (χ2n) is 2.76. The molecular weight excluding hydrogens is 197 g/mol. The lowest BCUT2D eigenvalue weighted by Gasteiger charge is -2.04. The molecule has 0 aromatic heterocycles. The molecule has 14 heavy (non-hydrogen) atoms. The summed E-state index contributed by atoms with van der Waals surface area (Å²) < 4.78 is -0.252. The maximum atomic E-state index is 10.7. The van der Waals surface area contributed by atoms with Gasteiger partial charge in [-0.3, -0.25) is 4.79 Å². The van der Waals surface area contributed by atoms with Crippen molar-refractivity contribution < 1.29 is 14.7 Å². The summed E-state index contributed by atoms with van der Waals surface area (Å²) >= 11 is 1.99. The normalized spacial score (nSPS) is 9.43. The second kappa shape index (κ2) is 4.80. The summed E-state index contributed by atoms with van der Waals surface area (Å²) in [4.78, 5) is 21.1. The highest BCUT2D eigenvalue weighted by Crippen LogP contribution is 2.10. The van der Waals surface area contributed by atoms with E-state index in [2.05, 4.69) is 5.32 Å². The Labute approximate surface area is 89.4 Å². The van der Waals surface area contributed by atoms with Crippen LogP contribution < -0.4 is 5.32 Å². The summed E-state index contributed by atoms with van der Waals surface area (Å²) in [6.45, 7) is 0. The van der Waals surface area contributed by atoms with Crippen molar-refractivity contribution in [3.8, 4) is 0 Å². The smallest absolute Gasteiger partial charge is 0.307 e. The van der Waals surface area contributed by atoms with E-state index in [0.717, 1.165) is 0 Å². The first kappa shape index (κ1) is 10.8. The summed E-state index contributed by atoms with van der Waals surface area (Å²) in [6.07, 6.45) is -0.0411. The molecule has 0 aliphatic carbocycles. The van der Waals surface area contributed by atoms with Crippen LogP contribution in [0.3, 0.4) is 0 Å². The van der Waals surface area contributed by atoms with E-state index >= 15 is 0 Å². The standard InChI is InChI=1S/C9H8NO3.Al/c11-6-10-8-3-1-2-7(4-8)5-9(12)13;/h1-4H,5H2,(H,10,11)(H,12,13);. The number of carbonyl (C=O) groups excluding carboxylic acids is 1. The Morgan fingerprint density at radius 3 is 2.71 bits per heavy atom. The molecule has 0 saturated heterocycles. The van der Waals surface area contributed by atoms with Gasteiger partial charge < -0.3 is 15.2 Å². The second-order valence-corrected chi connectivity index (χ2v) is 3.28. The van der Waals surface area contributed by atoms with Crippen molar-refractivity contribution in [2.45, 2.75) is 6.42 Å². The van der Waals surface area contributed by atoms with Gasteiger partial charge in [0.05, 0.1) is 6.42 Å². The molecule has 0 heterocycles. The number of carboxylic acid groups (broad SMARTS) is 1. The largest absolute Gasteiger partial charge is 0.481 e. The average Bonchev–Trinajstić information content (AvgIpc) is 2.01. The van der Waals surface area contributed by atoms with E-state index in [1.54, 1.807) is 24.3 Å². The van der Waals surface area contributed by atoms with E-state index in [1.165, 1.54) is 0 Å². The van der Waals surface area contributed by atoms with Gasteiger partial charge in [-0.1, -0.05) is 12.1 Å². The van der Waals surface area contributed by atoms with Gasteiger partial charge in [0.15, 0.2) is 0 Å². The predicted molar refractivity (Wildman–Crippen MR) is 52.6 cm³/mol. The number of rotatable bonds is 3. The number of anilines is 1. The van der Waals surface area contributed by atoms with Gasteiger partial charge in [-0.05, 0) is 17.7 Å². The summed E-state index contributed by atoms with van der Waals surface area (Å²) in [6, 6.07) is 6.74.